The Bertz CT molecular complexity index is 1390. The van der Waals surface area contributed by atoms with Crippen LogP contribution in [0.1, 0.15) is 53.8 Å². The van der Waals surface area contributed by atoms with Crippen molar-refractivity contribution in [3.63, 3.8) is 0 Å². The lowest BCUT2D eigenvalue weighted by Crippen LogP contribution is -2.32. The van der Waals surface area contributed by atoms with Crippen LogP contribution in [0.15, 0.2) is 70.8 Å². The molecule has 1 heterocycles. The number of halogens is 4. The Kier molecular flexibility index (Phi) is 9.94. The van der Waals surface area contributed by atoms with E-state index in [9.17, 15) is 18.4 Å². The van der Waals surface area contributed by atoms with Crippen molar-refractivity contribution in [1.29, 1.82) is 0 Å². The topological polar surface area (TPSA) is 91.1 Å². The molecule has 1 atom stereocenters. The highest BCUT2D eigenvalue weighted by Crippen LogP contribution is 2.39. The molecule has 1 amide bonds. The average Bonchev–Trinajstić information content (AvgIpc) is 3.73. The third-order valence-electron chi connectivity index (χ3n) is 6.73. The van der Waals surface area contributed by atoms with Gasteiger partial charge in [-0.15, -0.1) is 0 Å². The quantitative estimate of drug-likeness (QED) is 0.148. The molecule has 218 valence electrons. The molecule has 0 unspecified atom stereocenters. The number of benzene rings is 2. The van der Waals surface area contributed by atoms with Gasteiger partial charge in [-0.05, 0) is 66.6 Å². The number of allylic oxidation sites excluding steroid dienone is 4. The fourth-order valence-corrected chi connectivity index (χ4v) is 4.81. The first-order chi connectivity index (χ1) is 19.6. The van der Waals surface area contributed by atoms with Gasteiger partial charge in [0, 0.05) is 34.3 Å². The van der Waals surface area contributed by atoms with Gasteiger partial charge in [-0.25, -0.2) is 0 Å². The van der Waals surface area contributed by atoms with Crippen molar-refractivity contribution in [2.75, 3.05) is 18.9 Å². The summed E-state index contributed by atoms with van der Waals surface area (Å²) in [7, 11) is 0. The summed E-state index contributed by atoms with van der Waals surface area (Å²) in [5.74, 6) is -0.726. The van der Waals surface area contributed by atoms with Crippen molar-refractivity contribution >= 4 is 40.8 Å². The summed E-state index contributed by atoms with van der Waals surface area (Å²) in [6.07, 6.45) is 4.09. The predicted molar refractivity (Wildman–Crippen MR) is 153 cm³/mol. The van der Waals surface area contributed by atoms with E-state index in [1.54, 1.807) is 31.2 Å². The maximum atomic E-state index is 13.2. The van der Waals surface area contributed by atoms with E-state index in [-0.39, 0.29) is 41.9 Å². The van der Waals surface area contributed by atoms with E-state index < -0.39 is 18.7 Å². The van der Waals surface area contributed by atoms with Crippen LogP contribution in [0, 0.1) is 5.92 Å². The van der Waals surface area contributed by atoms with Crippen molar-refractivity contribution in [3.05, 3.63) is 87.5 Å². The van der Waals surface area contributed by atoms with Gasteiger partial charge >= 0.3 is 12.6 Å². The van der Waals surface area contributed by atoms with Gasteiger partial charge in [0.15, 0.2) is 11.5 Å². The van der Waals surface area contributed by atoms with E-state index in [1.165, 1.54) is 29.2 Å². The summed E-state index contributed by atoms with van der Waals surface area (Å²) < 4.78 is 42.5. The molecule has 11 heteroatoms. The molecular formula is C30H30Cl2F2N2O5. The van der Waals surface area contributed by atoms with Gasteiger partial charge in [-0.1, -0.05) is 54.1 Å². The monoisotopic (exact) mass is 606 g/mol. The summed E-state index contributed by atoms with van der Waals surface area (Å²) in [6.45, 7) is 2.61. The molecule has 1 fully saturated rings. The Morgan fingerprint density at radius 2 is 1.95 bits per heavy atom. The predicted octanol–water partition coefficient (Wildman–Crippen LogP) is 7.11. The summed E-state index contributed by atoms with van der Waals surface area (Å²) >= 11 is 12.8. The number of fused-ring (bicyclic) bond motifs is 1. The van der Waals surface area contributed by atoms with Gasteiger partial charge in [0.05, 0.1) is 6.61 Å². The Morgan fingerprint density at radius 1 is 1.20 bits per heavy atom. The first kappa shape index (κ1) is 30.4. The number of nitrogen functional groups attached to an aromatic ring is 1. The van der Waals surface area contributed by atoms with Gasteiger partial charge < -0.3 is 24.8 Å². The number of amides is 1. The van der Waals surface area contributed by atoms with E-state index in [0.717, 1.165) is 18.4 Å². The average molecular weight is 607 g/mol. The standard InChI is InChI=1S/C30H30Cl2F2N2O5/c1-3-23(31)22(24(32)4-2)13-26(18-8-10-25(41-30(33)34)27(11-18)39-16-17-5-6-17)40-28(37)15-36-14-19-7-9-20(35)12-21(19)29(36)38/h3-4,7-12,17,26,30H,1,5-6,13-16,35H2,2H3/b23-22+,24-4+/t26-/m0/s1. The number of rotatable bonds is 13. The zero-order valence-corrected chi connectivity index (χ0v) is 23.9. The number of nitrogens with two attached hydrogens (primary N) is 1. The number of esters is 1. The number of anilines is 1. The lowest BCUT2D eigenvalue weighted by Gasteiger charge is -2.23. The van der Waals surface area contributed by atoms with Crippen LogP contribution in [0.3, 0.4) is 0 Å². The number of nitrogens with zero attached hydrogens (tertiary/aromatic N) is 1. The first-order valence-electron chi connectivity index (χ1n) is 13.0. The number of hydrogen-bond acceptors (Lipinski definition) is 6. The molecule has 0 spiro atoms. The van der Waals surface area contributed by atoms with Crippen LogP contribution in [0.4, 0.5) is 14.5 Å². The Hall–Kier alpha value is -3.56. The number of alkyl halides is 2. The number of hydrogen-bond donors (Lipinski definition) is 1. The molecule has 2 aliphatic rings. The molecule has 1 aliphatic carbocycles. The Morgan fingerprint density at radius 3 is 2.61 bits per heavy atom. The minimum absolute atomic E-state index is 0.0294. The van der Waals surface area contributed by atoms with Crippen LogP contribution in [0.25, 0.3) is 0 Å². The van der Waals surface area contributed by atoms with Crippen molar-refractivity contribution in [2.45, 2.75) is 45.4 Å². The fourth-order valence-electron chi connectivity index (χ4n) is 4.40. The Balaban J connectivity index is 1.62. The zero-order chi connectivity index (χ0) is 29.7. The molecule has 0 bridgehead atoms. The minimum atomic E-state index is -3.05. The highest BCUT2D eigenvalue weighted by molar-refractivity contribution is 6.36. The van der Waals surface area contributed by atoms with E-state index in [0.29, 0.717) is 39.9 Å². The van der Waals surface area contributed by atoms with Crippen molar-refractivity contribution in [3.8, 4) is 11.5 Å². The molecular weight excluding hydrogens is 577 g/mol. The normalized spacial score (nSPS) is 16.3. The summed E-state index contributed by atoms with van der Waals surface area (Å²) in [4.78, 5) is 27.5. The SMILES string of the molecule is C=C/C(Cl)=C(C[C@H](OC(=O)CN1Cc2ccc(N)cc2C1=O)c1ccc(OC(F)F)c(OCC2CC2)c1)\C(Cl)=C/C. The second kappa shape index (κ2) is 13.4. The van der Waals surface area contributed by atoms with Crippen LogP contribution in [0.2, 0.25) is 0 Å². The van der Waals surface area contributed by atoms with Crippen molar-refractivity contribution < 1.29 is 32.6 Å². The van der Waals surface area contributed by atoms with Crippen molar-refractivity contribution in [1.82, 2.24) is 4.90 Å². The maximum Gasteiger partial charge on any atom is 0.387 e. The highest BCUT2D eigenvalue weighted by atomic mass is 35.5. The maximum absolute atomic E-state index is 13.2. The molecule has 0 saturated heterocycles. The second-order valence-corrected chi connectivity index (χ2v) is 10.6. The molecule has 2 aromatic rings. The van der Waals surface area contributed by atoms with Crippen LogP contribution in [-0.4, -0.2) is 36.5 Å². The molecule has 0 radical (unpaired) electrons. The molecule has 7 nitrogen and oxygen atoms in total. The first-order valence-corrected chi connectivity index (χ1v) is 13.8. The summed E-state index contributed by atoms with van der Waals surface area (Å²) in [5, 5.41) is 0.571. The lowest BCUT2D eigenvalue weighted by atomic mass is 9.99. The molecule has 2 N–H and O–H groups in total. The number of carbonyl (C=O) groups is 2. The van der Waals surface area contributed by atoms with Gasteiger partial charge in [0.25, 0.3) is 5.91 Å². The Labute approximate surface area is 247 Å². The van der Waals surface area contributed by atoms with Crippen LogP contribution in [0.5, 0.6) is 11.5 Å². The minimum Gasteiger partial charge on any atom is -0.489 e. The van der Waals surface area contributed by atoms with E-state index in [1.807, 2.05) is 0 Å². The van der Waals surface area contributed by atoms with Crippen molar-refractivity contribution in [2.24, 2.45) is 5.92 Å². The third kappa shape index (κ3) is 7.80. The van der Waals surface area contributed by atoms with Crippen LogP contribution >= 0.6 is 23.2 Å². The highest BCUT2D eigenvalue weighted by Gasteiger charge is 2.31. The fraction of sp³-hybridized carbons (Fsp3) is 0.333. The van der Waals surface area contributed by atoms with E-state index in [4.69, 9.17) is 38.4 Å². The second-order valence-electron chi connectivity index (χ2n) is 9.77. The molecule has 1 aliphatic heterocycles. The molecule has 2 aromatic carbocycles. The molecule has 0 aromatic heterocycles. The van der Waals surface area contributed by atoms with E-state index >= 15 is 0 Å². The third-order valence-corrected chi connectivity index (χ3v) is 7.56. The molecule has 1 saturated carbocycles. The van der Waals surface area contributed by atoms with Gasteiger partial charge in [-0.3, -0.25) is 9.59 Å². The smallest absolute Gasteiger partial charge is 0.387 e. The van der Waals surface area contributed by atoms with Crippen LogP contribution < -0.4 is 15.2 Å². The van der Waals surface area contributed by atoms with Crippen LogP contribution in [-0.2, 0) is 16.1 Å². The molecule has 41 heavy (non-hydrogen) atoms. The lowest BCUT2D eigenvalue weighted by molar-refractivity contribution is -0.150. The zero-order valence-electron chi connectivity index (χ0n) is 22.4. The summed E-state index contributed by atoms with van der Waals surface area (Å²) in [5.41, 5.74) is 8.34. The van der Waals surface area contributed by atoms with Gasteiger partial charge in [0.1, 0.15) is 12.6 Å². The number of ether oxygens (including phenoxy) is 3. The van der Waals surface area contributed by atoms with Gasteiger partial charge in [-0.2, -0.15) is 8.78 Å². The van der Waals surface area contributed by atoms with Gasteiger partial charge in [0.2, 0.25) is 0 Å². The number of carbonyl (C=O) groups excluding carboxylic acids is 2. The molecule has 4 rings (SSSR count). The largest absolute Gasteiger partial charge is 0.489 e. The van der Waals surface area contributed by atoms with E-state index in [2.05, 4.69) is 11.3 Å². The summed E-state index contributed by atoms with van der Waals surface area (Å²) in [6, 6.07) is 9.35.